The van der Waals surface area contributed by atoms with Gasteiger partial charge in [0.25, 0.3) is 5.91 Å². The van der Waals surface area contributed by atoms with Crippen LogP contribution >= 0.6 is 0 Å². The van der Waals surface area contributed by atoms with E-state index in [9.17, 15) is 19.2 Å². The third-order valence-corrected chi connectivity index (χ3v) is 11.1. The molecule has 0 spiro atoms. The number of carbonyl (C=O) groups excluding carboxylic acids is 3. The quantitative estimate of drug-likeness (QED) is 0.396. The van der Waals surface area contributed by atoms with Crippen molar-refractivity contribution in [3.05, 3.63) is 75.6 Å². The van der Waals surface area contributed by atoms with Gasteiger partial charge in [-0.3, -0.25) is 14.5 Å². The fourth-order valence-electron chi connectivity index (χ4n) is 8.14. The molecular weight excluding hydrogens is 636 g/mol. The minimum Gasteiger partial charge on any atom is -0.435 e. The summed E-state index contributed by atoms with van der Waals surface area (Å²) in [6, 6.07) is 15.4. The Bertz CT molecular complexity index is 1770. The number of hydrogen-bond acceptors (Lipinski definition) is 7. The van der Waals surface area contributed by atoms with Gasteiger partial charge in [0, 0.05) is 75.6 Å². The number of para-hydroxylation sites is 1. The smallest absolute Gasteiger partial charge is 0.410 e. The summed E-state index contributed by atoms with van der Waals surface area (Å²) in [7, 11) is 0. The molecule has 2 N–H and O–H groups in total. The van der Waals surface area contributed by atoms with E-state index in [1.54, 1.807) is 11.0 Å². The van der Waals surface area contributed by atoms with Gasteiger partial charge in [0.1, 0.15) is 0 Å². The molecule has 266 valence electrons. The highest BCUT2D eigenvalue weighted by molar-refractivity contribution is 5.91. The van der Waals surface area contributed by atoms with Crippen molar-refractivity contribution in [3.63, 3.8) is 0 Å². The zero-order valence-corrected chi connectivity index (χ0v) is 29.1. The lowest BCUT2D eigenvalue weighted by atomic mass is 9.91. The van der Waals surface area contributed by atoms with Gasteiger partial charge in [-0.1, -0.05) is 31.2 Å². The van der Waals surface area contributed by atoms with E-state index in [0.717, 1.165) is 78.8 Å². The predicted molar refractivity (Wildman–Crippen MR) is 190 cm³/mol. The van der Waals surface area contributed by atoms with Gasteiger partial charge in [0.15, 0.2) is 6.10 Å². The van der Waals surface area contributed by atoms with Crippen molar-refractivity contribution in [3.8, 4) is 0 Å². The molecule has 50 heavy (non-hydrogen) atoms. The molecule has 3 aromatic rings. The highest BCUT2D eigenvalue weighted by atomic mass is 16.6. The van der Waals surface area contributed by atoms with Crippen molar-refractivity contribution < 1.29 is 23.9 Å². The topological polar surface area (TPSA) is 128 Å². The van der Waals surface area contributed by atoms with Crippen LogP contribution in [0.5, 0.6) is 0 Å². The van der Waals surface area contributed by atoms with E-state index in [2.05, 4.69) is 15.2 Å². The van der Waals surface area contributed by atoms with Crippen LogP contribution in [0.2, 0.25) is 0 Å². The first-order valence-electron chi connectivity index (χ1n) is 18.1. The first kappa shape index (κ1) is 34.0. The maximum absolute atomic E-state index is 14.3. The van der Waals surface area contributed by atoms with Gasteiger partial charge >= 0.3 is 12.1 Å². The van der Waals surface area contributed by atoms with Gasteiger partial charge in [0.05, 0.1) is 18.7 Å². The molecule has 0 bridgehead atoms. The van der Waals surface area contributed by atoms with Crippen LogP contribution in [-0.4, -0.2) is 120 Å². The highest BCUT2D eigenvalue weighted by Gasteiger charge is 2.39. The van der Waals surface area contributed by atoms with E-state index in [1.807, 2.05) is 60.0 Å². The van der Waals surface area contributed by atoms with E-state index in [4.69, 9.17) is 9.47 Å². The molecule has 1 aromatic heterocycles. The zero-order valence-electron chi connectivity index (χ0n) is 29.1. The number of nitrogens with one attached hydrogen (secondary N) is 2. The largest absolute Gasteiger partial charge is 0.435 e. The molecule has 0 radical (unpaired) electrons. The lowest BCUT2D eigenvalue weighted by Gasteiger charge is -2.41. The van der Waals surface area contributed by atoms with Gasteiger partial charge in [0.2, 0.25) is 5.56 Å². The molecule has 7 rings (SSSR count). The minimum absolute atomic E-state index is 0.00416. The molecule has 0 saturated carbocycles. The number of piperidine rings is 2. The number of ether oxygens (including phenoxy) is 2. The Balaban J connectivity index is 1.05. The normalized spacial score (nSPS) is 20.9. The number of likely N-dealkylation sites (tertiary alicyclic amines) is 2. The highest BCUT2D eigenvalue weighted by Crippen LogP contribution is 2.31. The first-order valence-corrected chi connectivity index (χ1v) is 18.1. The number of nitrogens with zero attached hydrogens (tertiary/aromatic N) is 4. The number of benzene rings is 2. The van der Waals surface area contributed by atoms with Crippen LogP contribution in [0, 0.1) is 6.92 Å². The number of aromatic amines is 1. The van der Waals surface area contributed by atoms with Crippen molar-refractivity contribution >= 4 is 34.6 Å². The SMILES string of the molecule is Cc1cc([C@@H](C)C(OC(=O)N2CCC(N3CCc4ccccc4NC3=O)CC2)C(=O)N2CCC(N3CCOCC3)CC2)cc2ccc(=O)[nH]c12. The molecule has 3 saturated heterocycles. The van der Waals surface area contributed by atoms with E-state index in [1.165, 1.54) is 6.07 Å². The summed E-state index contributed by atoms with van der Waals surface area (Å²) in [5.41, 5.74) is 4.30. The van der Waals surface area contributed by atoms with Gasteiger partial charge in [-0.05, 0) is 79.3 Å². The number of carbonyl (C=O) groups is 3. The van der Waals surface area contributed by atoms with Crippen LogP contribution in [0.1, 0.15) is 55.2 Å². The third kappa shape index (κ3) is 7.22. The summed E-state index contributed by atoms with van der Waals surface area (Å²) in [6.07, 6.45) is 2.24. The molecule has 2 aromatic carbocycles. The number of pyridine rings is 1. The second-order valence-corrected chi connectivity index (χ2v) is 14.2. The van der Waals surface area contributed by atoms with E-state index in [0.29, 0.717) is 51.6 Å². The molecular formula is C38H48N6O6. The monoisotopic (exact) mass is 684 g/mol. The number of fused-ring (bicyclic) bond motifs is 2. The second kappa shape index (κ2) is 14.8. The molecule has 0 aliphatic carbocycles. The van der Waals surface area contributed by atoms with Crippen LogP contribution in [0.15, 0.2) is 53.3 Å². The van der Waals surface area contributed by atoms with Crippen LogP contribution in [-0.2, 0) is 20.7 Å². The maximum atomic E-state index is 14.3. The fraction of sp³-hybridized carbons (Fsp3) is 0.526. The average molecular weight is 685 g/mol. The number of urea groups is 1. The van der Waals surface area contributed by atoms with Gasteiger partial charge < -0.3 is 34.5 Å². The van der Waals surface area contributed by atoms with Crippen LogP contribution in [0.25, 0.3) is 10.9 Å². The average Bonchev–Trinajstić information content (AvgIpc) is 3.32. The maximum Gasteiger partial charge on any atom is 0.410 e. The Kier molecular flexibility index (Phi) is 10.1. The molecule has 1 unspecified atom stereocenters. The van der Waals surface area contributed by atoms with E-state index < -0.39 is 18.1 Å². The Hall–Kier alpha value is -4.42. The van der Waals surface area contributed by atoms with E-state index in [-0.39, 0.29) is 23.5 Å². The molecule has 4 amide bonds. The molecule has 2 atom stereocenters. The summed E-state index contributed by atoms with van der Waals surface area (Å²) >= 11 is 0. The molecule has 12 nitrogen and oxygen atoms in total. The van der Waals surface area contributed by atoms with Crippen molar-refractivity contribution in [2.75, 3.05) is 64.3 Å². The first-order chi connectivity index (χ1) is 24.2. The molecule has 3 fully saturated rings. The lowest BCUT2D eigenvalue weighted by Crippen LogP contribution is -2.54. The standard InChI is InChI=1S/C38H48N6O6/c1-25-23-29(24-28-7-8-33(45)40-34(25)28)26(2)35(36(46)42-14-10-30(11-15-42)41-19-21-49-22-20-41)50-38(48)43-16-12-31(13-17-43)44-18-9-27-5-3-4-6-32(27)39-37(44)47/h3-8,23-24,26,30-31,35H,9-22H2,1-2H3,(H,39,47)(H,40,45)/t26-,35?/m1/s1. The lowest BCUT2D eigenvalue weighted by molar-refractivity contribution is -0.144. The summed E-state index contributed by atoms with van der Waals surface area (Å²) in [4.78, 5) is 64.1. The Morgan fingerprint density at radius 1 is 0.860 bits per heavy atom. The summed E-state index contributed by atoms with van der Waals surface area (Å²) in [5.74, 6) is -0.611. The molecule has 4 aliphatic rings. The van der Waals surface area contributed by atoms with Crippen LogP contribution in [0.3, 0.4) is 0 Å². The second-order valence-electron chi connectivity index (χ2n) is 14.2. The Morgan fingerprint density at radius 2 is 1.56 bits per heavy atom. The van der Waals surface area contributed by atoms with E-state index >= 15 is 0 Å². The van der Waals surface area contributed by atoms with Crippen LogP contribution < -0.4 is 10.9 Å². The summed E-state index contributed by atoms with van der Waals surface area (Å²) in [6.45, 7) is 9.87. The molecule has 5 heterocycles. The van der Waals surface area contributed by atoms with Gasteiger partial charge in [-0.2, -0.15) is 0 Å². The summed E-state index contributed by atoms with van der Waals surface area (Å²) < 4.78 is 11.8. The Morgan fingerprint density at radius 3 is 2.32 bits per heavy atom. The summed E-state index contributed by atoms with van der Waals surface area (Å²) in [5, 5.41) is 3.91. The number of H-pyrrole nitrogens is 1. The third-order valence-electron chi connectivity index (χ3n) is 11.1. The number of morpholine rings is 1. The number of aryl methyl sites for hydroxylation is 1. The number of amides is 4. The Labute approximate surface area is 292 Å². The van der Waals surface area contributed by atoms with Crippen molar-refractivity contribution in [2.24, 2.45) is 0 Å². The zero-order chi connectivity index (χ0) is 34.8. The predicted octanol–water partition coefficient (Wildman–Crippen LogP) is 4.32. The van der Waals surface area contributed by atoms with Crippen LogP contribution in [0.4, 0.5) is 15.3 Å². The van der Waals surface area contributed by atoms with Crippen molar-refractivity contribution in [2.45, 2.75) is 70.1 Å². The fourth-order valence-corrected chi connectivity index (χ4v) is 8.14. The number of rotatable bonds is 6. The number of aromatic nitrogens is 1. The number of hydrogen-bond donors (Lipinski definition) is 2. The number of anilines is 1. The minimum atomic E-state index is -1.02. The molecule has 12 heteroatoms. The van der Waals surface area contributed by atoms with Gasteiger partial charge in [-0.15, -0.1) is 0 Å². The van der Waals surface area contributed by atoms with Gasteiger partial charge in [-0.25, -0.2) is 9.59 Å². The van der Waals surface area contributed by atoms with Crippen molar-refractivity contribution in [1.29, 1.82) is 0 Å². The molecule has 4 aliphatic heterocycles. The van der Waals surface area contributed by atoms with Crippen molar-refractivity contribution in [1.82, 2.24) is 24.6 Å².